The average molecular weight is 735 g/mol. The molecular weight excluding hydrogens is 675 g/mol. The van der Waals surface area contributed by atoms with Crippen molar-refractivity contribution in [2.75, 3.05) is 9.80 Å². The van der Waals surface area contributed by atoms with Crippen LogP contribution in [0.25, 0.3) is 11.1 Å². The van der Waals surface area contributed by atoms with Crippen molar-refractivity contribution in [2.24, 2.45) is 0 Å². The molecular formula is C53H59BN2. The topological polar surface area (TPSA) is 6.48 Å². The molecule has 284 valence electrons. The zero-order valence-electron chi connectivity index (χ0n) is 36.0. The van der Waals surface area contributed by atoms with Crippen LogP contribution in [0.5, 0.6) is 0 Å². The van der Waals surface area contributed by atoms with Crippen molar-refractivity contribution >= 4 is 57.2 Å². The van der Waals surface area contributed by atoms with Crippen molar-refractivity contribution in [2.45, 2.75) is 112 Å². The van der Waals surface area contributed by atoms with E-state index >= 15 is 0 Å². The highest BCUT2D eigenvalue weighted by molar-refractivity contribution is 7.00. The number of benzene rings is 6. The summed E-state index contributed by atoms with van der Waals surface area (Å²) in [4.78, 5) is 5.08. The van der Waals surface area contributed by atoms with Crippen molar-refractivity contribution in [1.82, 2.24) is 0 Å². The molecule has 0 bridgehead atoms. The fraction of sp³-hybridized carbons (Fsp3) is 0.321. The molecule has 2 aliphatic heterocycles. The zero-order valence-corrected chi connectivity index (χ0v) is 36.0. The molecule has 0 aliphatic carbocycles. The lowest BCUT2D eigenvalue weighted by Gasteiger charge is -2.45. The molecule has 0 atom stereocenters. The summed E-state index contributed by atoms with van der Waals surface area (Å²) in [7, 11) is 0. The molecule has 56 heavy (non-hydrogen) atoms. The lowest BCUT2D eigenvalue weighted by Crippen LogP contribution is -2.61. The Bertz CT molecular complexity index is 2430. The molecule has 0 amide bonds. The molecule has 0 spiro atoms. The molecule has 6 aromatic rings. The van der Waals surface area contributed by atoms with Crippen molar-refractivity contribution in [3.8, 4) is 11.1 Å². The summed E-state index contributed by atoms with van der Waals surface area (Å²) >= 11 is 0. The van der Waals surface area contributed by atoms with E-state index in [0.29, 0.717) is 0 Å². The summed E-state index contributed by atoms with van der Waals surface area (Å²) < 4.78 is 0. The first-order valence-corrected chi connectivity index (χ1v) is 20.6. The van der Waals surface area contributed by atoms with E-state index in [1.807, 2.05) is 0 Å². The summed E-state index contributed by atoms with van der Waals surface area (Å²) in [5.74, 6) is 0. The van der Waals surface area contributed by atoms with Gasteiger partial charge in [-0.25, -0.2) is 0 Å². The van der Waals surface area contributed by atoms with Crippen LogP contribution < -0.4 is 26.2 Å². The lowest BCUT2D eigenvalue weighted by molar-refractivity contribution is 0.590. The molecule has 3 heteroatoms. The Morgan fingerprint density at radius 1 is 0.357 bits per heavy atom. The third-order valence-electron chi connectivity index (χ3n) is 12.1. The predicted octanol–water partition coefficient (Wildman–Crippen LogP) is 12.9. The van der Waals surface area contributed by atoms with Gasteiger partial charge in [0.1, 0.15) is 0 Å². The number of anilines is 6. The molecule has 0 N–H and O–H groups in total. The second kappa shape index (κ2) is 13.0. The predicted molar refractivity (Wildman–Crippen MR) is 245 cm³/mol. The van der Waals surface area contributed by atoms with E-state index in [0.717, 1.165) is 0 Å². The first-order valence-electron chi connectivity index (χ1n) is 20.6. The van der Waals surface area contributed by atoms with Gasteiger partial charge in [0.05, 0.1) is 0 Å². The van der Waals surface area contributed by atoms with E-state index in [-0.39, 0.29) is 28.4 Å². The van der Waals surface area contributed by atoms with Gasteiger partial charge in [-0.2, -0.15) is 0 Å². The van der Waals surface area contributed by atoms with Gasteiger partial charge in [-0.3, -0.25) is 0 Å². The molecule has 0 unspecified atom stereocenters. The van der Waals surface area contributed by atoms with Crippen LogP contribution in [0.1, 0.15) is 111 Å². The van der Waals surface area contributed by atoms with Crippen LogP contribution >= 0.6 is 0 Å². The van der Waals surface area contributed by atoms with Crippen molar-refractivity contribution in [3.05, 3.63) is 149 Å². The van der Waals surface area contributed by atoms with Gasteiger partial charge in [-0.05, 0) is 132 Å². The molecule has 2 nitrogen and oxygen atoms in total. The monoisotopic (exact) mass is 734 g/mol. The Labute approximate surface area is 337 Å². The fourth-order valence-corrected chi connectivity index (χ4v) is 8.73. The first-order chi connectivity index (χ1) is 26.2. The minimum Gasteiger partial charge on any atom is -0.311 e. The second-order valence-corrected chi connectivity index (χ2v) is 20.5. The smallest absolute Gasteiger partial charge is 0.252 e. The summed E-state index contributed by atoms with van der Waals surface area (Å²) in [6.45, 7) is 29.9. The van der Waals surface area contributed by atoms with Gasteiger partial charge in [0.2, 0.25) is 0 Å². The SMILES string of the molecule is Cc1cc2c3c(c1)N(c1ccc(C(C)(C)C)cc1)c1ccc(C(C)(C)C)cc1B3c1cc(-c3ccc(C(C)(C)C)cc3)ccc1N2c1ccc(C(C)(C)C)cc1. The highest BCUT2D eigenvalue weighted by atomic mass is 15.2. The van der Waals surface area contributed by atoms with Crippen LogP contribution in [-0.4, -0.2) is 6.71 Å². The van der Waals surface area contributed by atoms with Crippen LogP contribution in [0.4, 0.5) is 34.1 Å². The summed E-state index contributed by atoms with van der Waals surface area (Å²) in [5.41, 5.74) is 20.8. The van der Waals surface area contributed by atoms with Gasteiger partial charge in [0.15, 0.2) is 0 Å². The maximum absolute atomic E-state index is 2.54. The van der Waals surface area contributed by atoms with Gasteiger partial charge in [0, 0.05) is 34.1 Å². The van der Waals surface area contributed by atoms with Crippen LogP contribution in [0.15, 0.2) is 121 Å². The van der Waals surface area contributed by atoms with Gasteiger partial charge in [-0.1, -0.05) is 156 Å². The Hall–Kier alpha value is -5.02. The van der Waals surface area contributed by atoms with Gasteiger partial charge < -0.3 is 9.80 Å². The van der Waals surface area contributed by atoms with Crippen LogP contribution in [0.2, 0.25) is 0 Å². The molecule has 0 saturated heterocycles. The van der Waals surface area contributed by atoms with E-state index < -0.39 is 0 Å². The number of fused-ring (bicyclic) bond motifs is 4. The molecule has 8 rings (SSSR count). The lowest BCUT2D eigenvalue weighted by atomic mass is 9.33. The van der Waals surface area contributed by atoms with E-state index in [1.54, 1.807) is 0 Å². The molecule has 0 radical (unpaired) electrons. The first kappa shape index (κ1) is 37.9. The van der Waals surface area contributed by atoms with Crippen LogP contribution in [-0.2, 0) is 21.7 Å². The van der Waals surface area contributed by atoms with E-state index in [9.17, 15) is 0 Å². The molecule has 6 aromatic carbocycles. The number of nitrogens with zero attached hydrogens (tertiary/aromatic N) is 2. The van der Waals surface area contributed by atoms with E-state index in [2.05, 4.69) is 221 Å². The van der Waals surface area contributed by atoms with Crippen LogP contribution in [0.3, 0.4) is 0 Å². The van der Waals surface area contributed by atoms with Crippen LogP contribution in [0, 0.1) is 6.92 Å². The third-order valence-corrected chi connectivity index (χ3v) is 12.1. The summed E-state index contributed by atoms with van der Waals surface area (Å²) in [6, 6.07) is 47.2. The second-order valence-electron chi connectivity index (χ2n) is 20.5. The Morgan fingerprint density at radius 3 is 1.14 bits per heavy atom. The highest BCUT2D eigenvalue weighted by Gasteiger charge is 2.44. The van der Waals surface area contributed by atoms with Crippen molar-refractivity contribution in [3.63, 3.8) is 0 Å². The number of rotatable bonds is 3. The van der Waals surface area contributed by atoms with Crippen molar-refractivity contribution < 1.29 is 0 Å². The third kappa shape index (κ3) is 6.57. The Balaban J connectivity index is 1.42. The number of aryl methyl sites for hydroxylation is 1. The largest absolute Gasteiger partial charge is 0.311 e. The van der Waals surface area contributed by atoms with Gasteiger partial charge in [0.25, 0.3) is 6.71 Å². The minimum absolute atomic E-state index is 0.000415. The van der Waals surface area contributed by atoms with Crippen molar-refractivity contribution in [1.29, 1.82) is 0 Å². The van der Waals surface area contributed by atoms with Gasteiger partial charge >= 0.3 is 0 Å². The Morgan fingerprint density at radius 2 is 0.714 bits per heavy atom. The summed E-state index contributed by atoms with van der Waals surface area (Å²) in [5, 5.41) is 0. The molecule has 2 heterocycles. The standard InChI is InChI=1S/C53H59BN2/c1-34-30-47-49-48(31-34)56(42-26-21-39(22-27-42)52(8,9)10)46-29-23-40(53(11,12)13)33-44(46)54(49)43-32-36(35-14-17-37(18-15-35)50(2,3)4)16-28-45(43)55(47)41-24-19-38(20-25-41)51(5,6)7/h14-33H,1-13H3. The molecule has 0 aromatic heterocycles. The fourth-order valence-electron chi connectivity index (χ4n) is 8.73. The Kier molecular flexibility index (Phi) is 8.81. The normalized spacial score (nSPS) is 14.1. The minimum atomic E-state index is -0.000415. The zero-order chi connectivity index (χ0) is 40.1. The molecule has 0 saturated carbocycles. The highest BCUT2D eigenvalue weighted by Crippen LogP contribution is 2.46. The number of hydrogen-bond acceptors (Lipinski definition) is 2. The van der Waals surface area contributed by atoms with E-state index in [1.165, 1.54) is 89.5 Å². The average Bonchev–Trinajstić information content (AvgIpc) is 3.13. The molecule has 0 fully saturated rings. The molecule has 2 aliphatic rings. The summed E-state index contributed by atoms with van der Waals surface area (Å²) in [6.07, 6.45) is 0. The van der Waals surface area contributed by atoms with Gasteiger partial charge in [-0.15, -0.1) is 0 Å². The van der Waals surface area contributed by atoms with E-state index in [4.69, 9.17) is 0 Å². The quantitative estimate of drug-likeness (QED) is 0.167. The maximum Gasteiger partial charge on any atom is 0.252 e. The number of hydrogen-bond donors (Lipinski definition) is 0. The maximum atomic E-state index is 2.54.